The van der Waals surface area contributed by atoms with Crippen molar-refractivity contribution in [2.75, 3.05) is 5.32 Å². The number of nitrogens with one attached hydrogen (secondary N) is 1. The Labute approximate surface area is 171 Å². The van der Waals surface area contributed by atoms with Gasteiger partial charge in [0.15, 0.2) is 0 Å². The number of carbonyl (C=O) groups excluding carboxylic acids is 1. The van der Waals surface area contributed by atoms with Gasteiger partial charge in [-0.15, -0.1) is 0 Å². The smallest absolute Gasteiger partial charge is 0.256 e. The monoisotopic (exact) mass is 380 g/mol. The van der Waals surface area contributed by atoms with Crippen molar-refractivity contribution in [1.29, 1.82) is 0 Å². The predicted molar refractivity (Wildman–Crippen MR) is 121 cm³/mol. The summed E-state index contributed by atoms with van der Waals surface area (Å²) in [7, 11) is 0. The van der Waals surface area contributed by atoms with Gasteiger partial charge >= 0.3 is 0 Å². The molecular formula is C26H24N2O. The molecule has 1 aromatic heterocycles. The summed E-state index contributed by atoms with van der Waals surface area (Å²) in [5.41, 5.74) is 8.48. The number of pyridine rings is 1. The molecule has 0 atom stereocenters. The fourth-order valence-corrected chi connectivity index (χ4v) is 3.73. The van der Waals surface area contributed by atoms with Gasteiger partial charge in [0.1, 0.15) is 0 Å². The molecule has 0 radical (unpaired) electrons. The molecule has 0 aliphatic rings. The molecule has 0 saturated carbocycles. The summed E-state index contributed by atoms with van der Waals surface area (Å²) in [6.07, 6.45) is 0. The molecule has 0 fully saturated rings. The van der Waals surface area contributed by atoms with E-state index < -0.39 is 0 Å². The number of aromatic nitrogens is 1. The van der Waals surface area contributed by atoms with Crippen LogP contribution in [0, 0.1) is 27.7 Å². The van der Waals surface area contributed by atoms with Crippen molar-refractivity contribution in [2.24, 2.45) is 0 Å². The third kappa shape index (κ3) is 3.64. The summed E-state index contributed by atoms with van der Waals surface area (Å²) in [5, 5.41) is 3.97. The second kappa shape index (κ2) is 7.51. The van der Waals surface area contributed by atoms with Gasteiger partial charge < -0.3 is 5.32 Å². The van der Waals surface area contributed by atoms with Crippen LogP contribution in [0.5, 0.6) is 0 Å². The Kier molecular flexibility index (Phi) is 4.89. The molecule has 3 heteroatoms. The number of rotatable bonds is 3. The zero-order valence-corrected chi connectivity index (χ0v) is 17.2. The maximum absolute atomic E-state index is 13.4. The number of aryl methyl sites for hydroxylation is 3. The SMILES string of the molecule is Cc1ccc(-c2nc3ccccc3c(C(=O)Nc3ccc(C)cc3C)c2C)cc1. The quantitative estimate of drug-likeness (QED) is 0.447. The van der Waals surface area contributed by atoms with E-state index in [0.717, 1.165) is 39.0 Å². The molecular weight excluding hydrogens is 356 g/mol. The standard InChI is InChI=1S/C26H24N2O/c1-16-9-12-20(13-10-16)25-19(4)24(21-7-5-6-8-23(21)27-25)26(29)28-22-14-11-17(2)15-18(22)3/h5-15H,1-4H3,(H,28,29). The van der Waals surface area contributed by atoms with E-state index in [4.69, 9.17) is 4.98 Å². The Hall–Kier alpha value is -3.46. The third-order valence-corrected chi connectivity index (χ3v) is 5.32. The zero-order chi connectivity index (χ0) is 20.5. The van der Waals surface area contributed by atoms with Crippen molar-refractivity contribution in [2.45, 2.75) is 27.7 Å². The second-order valence-electron chi connectivity index (χ2n) is 7.62. The van der Waals surface area contributed by atoms with Gasteiger partial charge in [0, 0.05) is 16.6 Å². The number of carbonyl (C=O) groups is 1. The van der Waals surface area contributed by atoms with Gasteiger partial charge in [-0.05, 0) is 51.0 Å². The molecule has 144 valence electrons. The minimum atomic E-state index is -0.110. The van der Waals surface area contributed by atoms with E-state index in [9.17, 15) is 4.79 Å². The van der Waals surface area contributed by atoms with E-state index in [-0.39, 0.29) is 5.91 Å². The van der Waals surface area contributed by atoms with Gasteiger partial charge in [-0.2, -0.15) is 0 Å². The first-order valence-electron chi connectivity index (χ1n) is 9.79. The van der Waals surface area contributed by atoms with E-state index in [2.05, 4.69) is 42.6 Å². The van der Waals surface area contributed by atoms with Crippen LogP contribution in [0.4, 0.5) is 5.69 Å². The molecule has 4 rings (SSSR count). The predicted octanol–water partition coefficient (Wildman–Crippen LogP) is 6.39. The maximum atomic E-state index is 13.4. The molecule has 3 aromatic carbocycles. The van der Waals surface area contributed by atoms with Crippen molar-refractivity contribution in [3.05, 3.63) is 94.5 Å². The van der Waals surface area contributed by atoms with Crippen molar-refractivity contribution in [1.82, 2.24) is 4.98 Å². The molecule has 0 unspecified atom stereocenters. The summed E-state index contributed by atoms with van der Waals surface area (Å²) in [4.78, 5) is 18.3. The Morgan fingerprint density at radius 2 is 1.52 bits per heavy atom. The lowest BCUT2D eigenvalue weighted by Gasteiger charge is -2.16. The summed E-state index contributed by atoms with van der Waals surface area (Å²) in [6.45, 7) is 8.10. The molecule has 0 bridgehead atoms. The molecule has 1 N–H and O–H groups in total. The lowest BCUT2D eigenvalue weighted by Crippen LogP contribution is -2.16. The van der Waals surface area contributed by atoms with Gasteiger partial charge in [-0.3, -0.25) is 4.79 Å². The van der Waals surface area contributed by atoms with Crippen LogP contribution in [-0.4, -0.2) is 10.9 Å². The van der Waals surface area contributed by atoms with Crippen LogP contribution in [0.3, 0.4) is 0 Å². The molecule has 0 aliphatic carbocycles. The van der Waals surface area contributed by atoms with Crippen molar-refractivity contribution >= 4 is 22.5 Å². The average Bonchev–Trinajstić information content (AvgIpc) is 2.70. The number of para-hydroxylation sites is 1. The molecule has 1 amide bonds. The van der Waals surface area contributed by atoms with E-state index >= 15 is 0 Å². The number of hydrogen-bond acceptors (Lipinski definition) is 2. The highest BCUT2D eigenvalue weighted by Gasteiger charge is 2.19. The zero-order valence-electron chi connectivity index (χ0n) is 17.2. The lowest BCUT2D eigenvalue weighted by atomic mass is 9.96. The Morgan fingerprint density at radius 3 is 2.24 bits per heavy atom. The third-order valence-electron chi connectivity index (χ3n) is 5.32. The fraction of sp³-hybridized carbons (Fsp3) is 0.154. The fourth-order valence-electron chi connectivity index (χ4n) is 3.73. The molecule has 3 nitrogen and oxygen atoms in total. The topological polar surface area (TPSA) is 42.0 Å². The van der Waals surface area contributed by atoms with Gasteiger partial charge in [0.05, 0.1) is 16.8 Å². The van der Waals surface area contributed by atoms with Crippen LogP contribution in [0.15, 0.2) is 66.7 Å². The molecule has 0 aliphatic heterocycles. The van der Waals surface area contributed by atoms with E-state index in [1.807, 2.05) is 57.2 Å². The van der Waals surface area contributed by atoms with E-state index in [1.165, 1.54) is 11.1 Å². The summed E-state index contributed by atoms with van der Waals surface area (Å²) in [5.74, 6) is -0.110. The Morgan fingerprint density at radius 1 is 0.828 bits per heavy atom. The summed E-state index contributed by atoms with van der Waals surface area (Å²) < 4.78 is 0. The van der Waals surface area contributed by atoms with Gasteiger partial charge in [-0.1, -0.05) is 65.7 Å². The number of hydrogen-bond donors (Lipinski definition) is 1. The minimum absolute atomic E-state index is 0.110. The van der Waals surface area contributed by atoms with E-state index in [0.29, 0.717) is 5.56 Å². The Balaban J connectivity index is 1.87. The van der Waals surface area contributed by atoms with E-state index in [1.54, 1.807) is 0 Å². The van der Waals surface area contributed by atoms with Crippen molar-refractivity contribution < 1.29 is 4.79 Å². The van der Waals surface area contributed by atoms with Crippen molar-refractivity contribution in [3.8, 4) is 11.3 Å². The highest BCUT2D eigenvalue weighted by atomic mass is 16.1. The largest absolute Gasteiger partial charge is 0.322 e. The first-order valence-corrected chi connectivity index (χ1v) is 9.79. The van der Waals surface area contributed by atoms with Gasteiger partial charge in [0.25, 0.3) is 5.91 Å². The number of anilines is 1. The average molecular weight is 380 g/mol. The number of nitrogens with zero attached hydrogens (tertiary/aromatic N) is 1. The highest BCUT2D eigenvalue weighted by Crippen LogP contribution is 2.30. The van der Waals surface area contributed by atoms with Crippen LogP contribution in [0.2, 0.25) is 0 Å². The number of fused-ring (bicyclic) bond motifs is 1. The van der Waals surface area contributed by atoms with Crippen molar-refractivity contribution in [3.63, 3.8) is 0 Å². The molecule has 1 heterocycles. The van der Waals surface area contributed by atoms with Crippen LogP contribution in [0.25, 0.3) is 22.2 Å². The summed E-state index contributed by atoms with van der Waals surface area (Å²) >= 11 is 0. The molecule has 29 heavy (non-hydrogen) atoms. The van der Waals surface area contributed by atoms with Crippen LogP contribution in [-0.2, 0) is 0 Å². The Bertz CT molecular complexity index is 1220. The summed E-state index contributed by atoms with van der Waals surface area (Å²) in [6, 6.07) is 22.1. The normalized spacial score (nSPS) is 10.9. The molecule has 0 spiro atoms. The van der Waals surface area contributed by atoms with Gasteiger partial charge in [-0.25, -0.2) is 4.98 Å². The minimum Gasteiger partial charge on any atom is -0.322 e. The van der Waals surface area contributed by atoms with Crippen LogP contribution >= 0.6 is 0 Å². The van der Waals surface area contributed by atoms with Gasteiger partial charge in [0.2, 0.25) is 0 Å². The number of benzene rings is 3. The highest BCUT2D eigenvalue weighted by molar-refractivity contribution is 6.14. The molecule has 4 aromatic rings. The lowest BCUT2D eigenvalue weighted by molar-refractivity contribution is 0.102. The maximum Gasteiger partial charge on any atom is 0.256 e. The van der Waals surface area contributed by atoms with Crippen LogP contribution in [0.1, 0.15) is 32.6 Å². The second-order valence-corrected chi connectivity index (χ2v) is 7.62. The molecule has 0 saturated heterocycles. The first-order chi connectivity index (χ1) is 13.9. The van der Waals surface area contributed by atoms with Crippen LogP contribution < -0.4 is 5.32 Å². The first kappa shape index (κ1) is 18.9. The number of amides is 1.